The lowest BCUT2D eigenvalue weighted by Crippen LogP contribution is -2.34. The van der Waals surface area contributed by atoms with Crippen LogP contribution in [0.1, 0.15) is 30.8 Å². The third-order valence-electron chi connectivity index (χ3n) is 2.99. The van der Waals surface area contributed by atoms with Gasteiger partial charge in [0.25, 0.3) is 0 Å². The Balaban J connectivity index is 1.73. The number of aromatic nitrogens is 1. The van der Waals surface area contributed by atoms with Crippen LogP contribution < -0.4 is 10.6 Å². The number of rotatable bonds is 4. The van der Waals surface area contributed by atoms with Crippen molar-refractivity contribution in [3.63, 3.8) is 0 Å². The Morgan fingerprint density at radius 2 is 2.40 bits per heavy atom. The van der Waals surface area contributed by atoms with E-state index in [2.05, 4.69) is 22.5 Å². The Bertz CT molecular complexity index is 267. The molecule has 0 amide bonds. The lowest BCUT2D eigenvalue weighted by atomic mass is 9.98. The minimum absolute atomic E-state index is 0.403. The minimum atomic E-state index is 0.403. The Kier molecular flexibility index (Phi) is 4.11. The SMILES string of the molecule is CC(NCC1CCNCC1)c1nccs1. The van der Waals surface area contributed by atoms with Gasteiger partial charge in [-0.2, -0.15) is 0 Å². The average molecular weight is 225 g/mol. The summed E-state index contributed by atoms with van der Waals surface area (Å²) in [5, 5.41) is 10.2. The molecule has 0 aromatic carbocycles. The van der Waals surface area contributed by atoms with E-state index < -0.39 is 0 Å². The van der Waals surface area contributed by atoms with Crippen LogP contribution in [0.4, 0.5) is 0 Å². The fraction of sp³-hybridized carbons (Fsp3) is 0.727. The maximum atomic E-state index is 4.32. The van der Waals surface area contributed by atoms with Crippen molar-refractivity contribution in [2.75, 3.05) is 19.6 Å². The second-order valence-electron chi connectivity index (χ2n) is 4.19. The van der Waals surface area contributed by atoms with E-state index in [1.807, 2.05) is 11.6 Å². The van der Waals surface area contributed by atoms with Gasteiger partial charge in [-0.25, -0.2) is 4.98 Å². The van der Waals surface area contributed by atoms with E-state index in [0.717, 1.165) is 12.5 Å². The van der Waals surface area contributed by atoms with Crippen molar-refractivity contribution in [1.82, 2.24) is 15.6 Å². The van der Waals surface area contributed by atoms with Crippen molar-refractivity contribution in [1.29, 1.82) is 0 Å². The van der Waals surface area contributed by atoms with Gasteiger partial charge in [-0.3, -0.25) is 0 Å². The molecular weight excluding hydrogens is 206 g/mol. The van der Waals surface area contributed by atoms with Gasteiger partial charge in [0, 0.05) is 11.6 Å². The second-order valence-corrected chi connectivity index (χ2v) is 5.12. The van der Waals surface area contributed by atoms with Crippen LogP contribution in [0, 0.1) is 5.92 Å². The van der Waals surface area contributed by atoms with E-state index in [0.29, 0.717) is 6.04 Å². The van der Waals surface area contributed by atoms with Gasteiger partial charge in [-0.15, -0.1) is 11.3 Å². The number of hydrogen-bond acceptors (Lipinski definition) is 4. The molecule has 0 spiro atoms. The van der Waals surface area contributed by atoms with Gasteiger partial charge in [0.1, 0.15) is 5.01 Å². The smallest absolute Gasteiger partial charge is 0.109 e. The molecule has 84 valence electrons. The third kappa shape index (κ3) is 3.26. The van der Waals surface area contributed by atoms with Crippen LogP contribution >= 0.6 is 11.3 Å². The molecule has 2 N–H and O–H groups in total. The molecule has 4 heteroatoms. The molecule has 2 rings (SSSR count). The Morgan fingerprint density at radius 1 is 1.60 bits per heavy atom. The van der Waals surface area contributed by atoms with Crippen LogP contribution in [-0.4, -0.2) is 24.6 Å². The van der Waals surface area contributed by atoms with Crippen molar-refractivity contribution in [2.45, 2.75) is 25.8 Å². The van der Waals surface area contributed by atoms with Gasteiger partial charge >= 0.3 is 0 Å². The Labute approximate surface area is 95.3 Å². The van der Waals surface area contributed by atoms with Gasteiger partial charge in [0.2, 0.25) is 0 Å². The molecule has 1 aromatic rings. The Morgan fingerprint density at radius 3 is 3.07 bits per heavy atom. The monoisotopic (exact) mass is 225 g/mol. The summed E-state index contributed by atoms with van der Waals surface area (Å²) in [6.07, 6.45) is 4.48. The fourth-order valence-electron chi connectivity index (χ4n) is 1.96. The first-order valence-electron chi connectivity index (χ1n) is 5.70. The molecule has 1 aliphatic rings. The topological polar surface area (TPSA) is 37.0 Å². The third-order valence-corrected chi connectivity index (χ3v) is 3.95. The zero-order valence-electron chi connectivity index (χ0n) is 9.20. The van der Waals surface area contributed by atoms with E-state index in [9.17, 15) is 0 Å². The van der Waals surface area contributed by atoms with E-state index in [1.165, 1.54) is 30.9 Å². The summed E-state index contributed by atoms with van der Waals surface area (Å²) in [6.45, 7) is 5.68. The summed E-state index contributed by atoms with van der Waals surface area (Å²) < 4.78 is 0. The predicted octanol–water partition coefficient (Wildman–Crippen LogP) is 1.79. The van der Waals surface area contributed by atoms with Crippen molar-refractivity contribution in [2.24, 2.45) is 5.92 Å². The van der Waals surface area contributed by atoms with E-state index >= 15 is 0 Å². The largest absolute Gasteiger partial charge is 0.317 e. The molecule has 0 saturated carbocycles. The molecule has 1 atom stereocenters. The zero-order chi connectivity index (χ0) is 10.5. The Hall–Kier alpha value is -0.450. The van der Waals surface area contributed by atoms with Gasteiger partial charge in [-0.1, -0.05) is 0 Å². The molecule has 1 unspecified atom stereocenters. The number of thiazole rings is 1. The molecule has 3 nitrogen and oxygen atoms in total. The van der Waals surface area contributed by atoms with Crippen LogP contribution in [-0.2, 0) is 0 Å². The van der Waals surface area contributed by atoms with Crippen LogP contribution in [0.5, 0.6) is 0 Å². The minimum Gasteiger partial charge on any atom is -0.317 e. The average Bonchev–Trinajstić information content (AvgIpc) is 2.81. The molecule has 0 radical (unpaired) electrons. The van der Waals surface area contributed by atoms with Gasteiger partial charge in [0.15, 0.2) is 0 Å². The molecule has 2 heterocycles. The van der Waals surface area contributed by atoms with Crippen molar-refractivity contribution in [3.8, 4) is 0 Å². The molecule has 1 fully saturated rings. The number of nitrogens with one attached hydrogen (secondary N) is 2. The highest BCUT2D eigenvalue weighted by molar-refractivity contribution is 7.09. The fourth-order valence-corrected chi connectivity index (χ4v) is 2.64. The predicted molar refractivity (Wildman–Crippen MR) is 64.1 cm³/mol. The molecular formula is C11H19N3S. The summed E-state index contributed by atoms with van der Waals surface area (Å²) in [7, 11) is 0. The highest BCUT2D eigenvalue weighted by Gasteiger charge is 2.14. The summed E-state index contributed by atoms with van der Waals surface area (Å²) in [4.78, 5) is 4.32. The van der Waals surface area contributed by atoms with Crippen LogP contribution in [0.2, 0.25) is 0 Å². The maximum absolute atomic E-state index is 4.32. The van der Waals surface area contributed by atoms with Crippen molar-refractivity contribution < 1.29 is 0 Å². The second kappa shape index (κ2) is 5.58. The van der Waals surface area contributed by atoms with Crippen LogP contribution in [0.15, 0.2) is 11.6 Å². The zero-order valence-corrected chi connectivity index (χ0v) is 10.0. The first kappa shape index (κ1) is 11.0. The number of hydrogen-bond donors (Lipinski definition) is 2. The maximum Gasteiger partial charge on any atom is 0.109 e. The van der Waals surface area contributed by atoms with E-state index in [-0.39, 0.29) is 0 Å². The van der Waals surface area contributed by atoms with Crippen molar-refractivity contribution >= 4 is 11.3 Å². The van der Waals surface area contributed by atoms with Gasteiger partial charge in [-0.05, 0) is 45.3 Å². The molecule has 1 aliphatic heterocycles. The van der Waals surface area contributed by atoms with Crippen LogP contribution in [0.25, 0.3) is 0 Å². The number of piperidine rings is 1. The highest BCUT2D eigenvalue weighted by atomic mass is 32.1. The van der Waals surface area contributed by atoms with E-state index in [4.69, 9.17) is 0 Å². The lowest BCUT2D eigenvalue weighted by Gasteiger charge is -2.24. The van der Waals surface area contributed by atoms with Crippen LogP contribution in [0.3, 0.4) is 0 Å². The summed E-state index contributed by atoms with van der Waals surface area (Å²) in [6, 6.07) is 0.403. The van der Waals surface area contributed by atoms with Crippen molar-refractivity contribution in [3.05, 3.63) is 16.6 Å². The molecule has 0 aliphatic carbocycles. The molecule has 1 saturated heterocycles. The summed E-state index contributed by atoms with van der Waals surface area (Å²) in [5.41, 5.74) is 0. The summed E-state index contributed by atoms with van der Waals surface area (Å²) in [5.74, 6) is 0.841. The lowest BCUT2D eigenvalue weighted by molar-refractivity contribution is 0.345. The quantitative estimate of drug-likeness (QED) is 0.820. The first-order chi connectivity index (χ1) is 7.36. The summed E-state index contributed by atoms with van der Waals surface area (Å²) >= 11 is 1.73. The number of nitrogens with zero attached hydrogens (tertiary/aromatic N) is 1. The van der Waals surface area contributed by atoms with Gasteiger partial charge < -0.3 is 10.6 Å². The van der Waals surface area contributed by atoms with Gasteiger partial charge in [0.05, 0.1) is 6.04 Å². The highest BCUT2D eigenvalue weighted by Crippen LogP contribution is 2.16. The molecule has 15 heavy (non-hydrogen) atoms. The molecule has 0 bridgehead atoms. The van der Waals surface area contributed by atoms with E-state index in [1.54, 1.807) is 11.3 Å². The first-order valence-corrected chi connectivity index (χ1v) is 6.57. The molecule has 1 aromatic heterocycles. The standard InChI is InChI=1S/C11H19N3S/c1-9(11-13-6-7-15-11)14-8-10-2-4-12-5-3-10/h6-7,9-10,12,14H,2-5,8H2,1H3. The normalized spacial score (nSPS) is 20.3.